The fourth-order valence-corrected chi connectivity index (χ4v) is 3.13. The van der Waals surface area contributed by atoms with Crippen LogP contribution in [-0.4, -0.2) is 18.1 Å². The van der Waals surface area contributed by atoms with E-state index in [-0.39, 0.29) is 0 Å². The Balaban J connectivity index is 2.06. The Morgan fingerprint density at radius 3 is 2.67 bits per heavy atom. The fraction of sp³-hybridized carbons (Fsp3) is 0.412. The highest BCUT2D eigenvalue weighted by molar-refractivity contribution is 5.96. The molecule has 4 heteroatoms. The summed E-state index contributed by atoms with van der Waals surface area (Å²) >= 11 is 0. The van der Waals surface area contributed by atoms with Gasteiger partial charge in [-0.25, -0.2) is 4.98 Å². The average molecular weight is 280 g/mol. The van der Waals surface area contributed by atoms with E-state index in [4.69, 9.17) is 0 Å². The first-order valence-corrected chi connectivity index (χ1v) is 7.60. The highest BCUT2D eigenvalue weighted by Crippen LogP contribution is 2.32. The average Bonchev–Trinajstić information content (AvgIpc) is 2.54. The van der Waals surface area contributed by atoms with Crippen molar-refractivity contribution >= 4 is 22.4 Å². The fourth-order valence-electron chi connectivity index (χ4n) is 3.13. The Hall–Kier alpha value is -2.28. The monoisotopic (exact) mass is 280 g/mol. The van der Waals surface area contributed by atoms with Gasteiger partial charge >= 0.3 is 0 Å². The number of rotatable bonds is 3. The van der Waals surface area contributed by atoms with E-state index in [2.05, 4.69) is 21.7 Å². The van der Waals surface area contributed by atoms with E-state index in [9.17, 15) is 5.26 Å². The molecule has 0 spiro atoms. The standard InChI is InChI=1S/C17H20N4/c1-19-16-13-9-5-6-10-15(13)21-17(14(16)11-18)20-12-7-3-2-4-8-12/h5-6,9-10,12H,2-4,7-8H2,1H3,(H2,19,20,21). The van der Waals surface area contributed by atoms with E-state index in [1.54, 1.807) is 0 Å². The highest BCUT2D eigenvalue weighted by Gasteiger charge is 2.18. The number of nitrogens with one attached hydrogen (secondary N) is 2. The molecule has 2 N–H and O–H groups in total. The number of anilines is 2. The first-order valence-electron chi connectivity index (χ1n) is 7.60. The molecular weight excluding hydrogens is 260 g/mol. The van der Waals surface area contributed by atoms with Gasteiger partial charge in [0.15, 0.2) is 0 Å². The molecule has 0 radical (unpaired) electrons. The molecule has 0 bridgehead atoms. The lowest BCUT2D eigenvalue weighted by Gasteiger charge is -2.24. The van der Waals surface area contributed by atoms with Gasteiger partial charge < -0.3 is 10.6 Å². The third kappa shape index (κ3) is 2.64. The predicted molar refractivity (Wildman–Crippen MR) is 86.5 cm³/mol. The number of aromatic nitrogens is 1. The number of pyridine rings is 1. The number of hydrogen-bond donors (Lipinski definition) is 2. The van der Waals surface area contributed by atoms with Gasteiger partial charge in [0.25, 0.3) is 0 Å². The minimum atomic E-state index is 0.434. The molecule has 0 saturated heterocycles. The van der Waals surface area contributed by atoms with Crippen molar-refractivity contribution in [2.45, 2.75) is 38.1 Å². The summed E-state index contributed by atoms with van der Waals surface area (Å²) in [4.78, 5) is 4.68. The second-order valence-corrected chi connectivity index (χ2v) is 5.57. The quantitative estimate of drug-likeness (QED) is 0.895. The SMILES string of the molecule is CNc1c(C#N)c(NC2CCCCC2)nc2ccccc12. The summed E-state index contributed by atoms with van der Waals surface area (Å²) in [6, 6.07) is 10.7. The molecule has 1 heterocycles. The van der Waals surface area contributed by atoms with Crippen LogP contribution in [0.2, 0.25) is 0 Å². The Labute approximate surface area is 125 Å². The van der Waals surface area contributed by atoms with Gasteiger partial charge in [-0.15, -0.1) is 0 Å². The van der Waals surface area contributed by atoms with Gasteiger partial charge in [-0.1, -0.05) is 37.5 Å². The number of nitrogens with zero attached hydrogens (tertiary/aromatic N) is 2. The number of nitriles is 1. The molecule has 1 aliphatic carbocycles. The van der Waals surface area contributed by atoms with Crippen molar-refractivity contribution in [1.82, 2.24) is 4.98 Å². The van der Waals surface area contributed by atoms with Crippen molar-refractivity contribution in [1.29, 1.82) is 5.26 Å². The molecule has 21 heavy (non-hydrogen) atoms. The van der Waals surface area contributed by atoms with Crippen LogP contribution in [0.3, 0.4) is 0 Å². The summed E-state index contributed by atoms with van der Waals surface area (Å²) < 4.78 is 0. The number of benzene rings is 1. The van der Waals surface area contributed by atoms with Crippen molar-refractivity contribution in [3.05, 3.63) is 29.8 Å². The molecular formula is C17H20N4. The van der Waals surface area contributed by atoms with Crippen LogP contribution >= 0.6 is 0 Å². The number of hydrogen-bond acceptors (Lipinski definition) is 4. The summed E-state index contributed by atoms with van der Waals surface area (Å²) in [5.74, 6) is 0.715. The second-order valence-electron chi connectivity index (χ2n) is 5.57. The molecule has 0 unspecified atom stereocenters. The topological polar surface area (TPSA) is 60.7 Å². The van der Waals surface area contributed by atoms with Crippen LogP contribution in [0.5, 0.6) is 0 Å². The van der Waals surface area contributed by atoms with Crippen molar-refractivity contribution in [2.24, 2.45) is 0 Å². The van der Waals surface area contributed by atoms with Gasteiger partial charge in [0.1, 0.15) is 17.5 Å². The molecule has 1 aromatic heterocycles. The molecule has 2 aromatic rings. The van der Waals surface area contributed by atoms with Gasteiger partial charge in [0, 0.05) is 18.5 Å². The molecule has 1 aromatic carbocycles. The Bertz CT molecular complexity index is 681. The predicted octanol–water partition coefficient (Wildman–Crippen LogP) is 3.89. The van der Waals surface area contributed by atoms with E-state index in [1.807, 2.05) is 31.3 Å². The van der Waals surface area contributed by atoms with Crippen LogP contribution < -0.4 is 10.6 Å². The largest absolute Gasteiger partial charge is 0.386 e. The highest BCUT2D eigenvalue weighted by atomic mass is 15.0. The lowest BCUT2D eigenvalue weighted by molar-refractivity contribution is 0.462. The van der Waals surface area contributed by atoms with Gasteiger partial charge in [-0.3, -0.25) is 0 Å². The maximum Gasteiger partial charge on any atom is 0.147 e. The van der Waals surface area contributed by atoms with E-state index in [1.165, 1.54) is 19.3 Å². The molecule has 1 aliphatic rings. The molecule has 3 rings (SSSR count). The lowest BCUT2D eigenvalue weighted by Crippen LogP contribution is -2.23. The van der Waals surface area contributed by atoms with Gasteiger partial charge in [0.2, 0.25) is 0 Å². The van der Waals surface area contributed by atoms with Crippen molar-refractivity contribution < 1.29 is 0 Å². The molecule has 1 fully saturated rings. The van der Waals surface area contributed by atoms with E-state index < -0.39 is 0 Å². The lowest BCUT2D eigenvalue weighted by atomic mass is 9.95. The number of para-hydroxylation sites is 1. The Kier molecular flexibility index (Phi) is 3.92. The third-order valence-corrected chi connectivity index (χ3v) is 4.20. The van der Waals surface area contributed by atoms with Crippen LogP contribution in [0.15, 0.2) is 24.3 Å². The zero-order chi connectivity index (χ0) is 14.7. The zero-order valence-corrected chi connectivity index (χ0v) is 12.3. The van der Waals surface area contributed by atoms with E-state index in [0.717, 1.165) is 29.4 Å². The normalized spacial score (nSPS) is 15.6. The van der Waals surface area contributed by atoms with Crippen molar-refractivity contribution in [3.8, 4) is 6.07 Å². The Morgan fingerprint density at radius 1 is 1.19 bits per heavy atom. The van der Waals surface area contributed by atoms with E-state index >= 15 is 0 Å². The molecule has 0 atom stereocenters. The van der Waals surface area contributed by atoms with Crippen LogP contribution in [0.25, 0.3) is 10.9 Å². The summed E-state index contributed by atoms with van der Waals surface area (Å²) in [6.45, 7) is 0. The van der Waals surface area contributed by atoms with Crippen LogP contribution in [0.1, 0.15) is 37.7 Å². The summed E-state index contributed by atoms with van der Waals surface area (Å²) in [7, 11) is 1.85. The molecule has 108 valence electrons. The summed E-state index contributed by atoms with van der Waals surface area (Å²) in [6.07, 6.45) is 6.15. The van der Waals surface area contributed by atoms with Crippen LogP contribution in [-0.2, 0) is 0 Å². The zero-order valence-electron chi connectivity index (χ0n) is 12.3. The minimum Gasteiger partial charge on any atom is -0.386 e. The molecule has 0 aliphatic heterocycles. The third-order valence-electron chi connectivity index (χ3n) is 4.20. The smallest absolute Gasteiger partial charge is 0.147 e. The van der Waals surface area contributed by atoms with E-state index in [0.29, 0.717) is 17.4 Å². The van der Waals surface area contributed by atoms with Gasteiger partial charge in [-0.05, 0) is 18.9 Å². The maximum atomic E-state index is 9.55. The Morgan fingerprint density at radius 2 is 1.95 bits per heavy atom. The first-order chi connectivity index (χ1) is 10.3. The van der Waals surface area contributed by atoms with Crippen LogP contribution in [0, 0.1) is 11.3 Å². The molecule has 4 nitrogen and oxygen atoms in total. The van der Waals surface area contributed by atoms with Gasteiger partial charge in [-0.2, -0.15) is 5.26 Å². The van der Waals surface area contributed by atoms with Gasteiger partial charge in [0.05, 0.1) is 11.2 Å². The molecule has 0 amide bonds. The van der Waals surface area contributed by atoms with Crippen molar-refractivity contribution in [3.63, 3.8) is 0 Å². The molecule has 1 saturated carbocycles. The second kappa shape index (κ2) is 6.01. The number of fused-ring (bicyclic) bond motifs is 1. The van der Waals surface area contributed by atoms with Crippen molar-refractivity contribution in [2.75, 3.05) is 17.7 Å². The first kappa shape index (κ1) is 13.7. The summed E-state index contributed by atoms with van der Waals surface area (Å²) in [5, 5.41) is 17.2. The maximum absolute atomic E-state index is 9.55. The van der Waals surface area contributed by atoms with Crippen LogP contribution in [0.4, 0.5) is 11.5 Å². The minimum absolute atomic E-state index is 0.434. The summed E-state index contributed by atoms with van der Waals surface area (Å²) in [5.41, 5.74) is 2.39.